The van der Waals surface area contributed by atoms with Gasteiger partial charge in [0.05, 0.1) is 6.04 Å². The van der Waals surface area contributed by atoms with Gasteiger partial charge in [0.25, 0.3) is 5.91 Å². The first-order valence-corrected chi connectivity index (χ1v) is 11.8. The number of carbonyl (C=O) groups excluding carboxylic acids is 2. The van der Waals surface area contributed by atoms with Crippen molar-refractivity contribution in [1.82, 2.24) is 10.6 Å². The Labute approximate surface area is 211 Å². The zero-order valence-corrected chi connectivity index (χ0v) is 20.1. The maximum absolute atomic E-state index is 12.6. The molecule has 0 unspecified atom stereocenters. The summed E-state index contributed by atoms with van der Waals surface area (Å²) >= 11 is 0. The highest BCUT2D eigenvalue weighted by molar-refractivity contribution is 5.94. The van der Waals surface area contributed by atoms with E-state index in [-0.39, 0.29) is 17.9 Å². The molecule has 180 valence electrons. The molecule has 0 aliphatic rings. The summed E-state index contributed by atoms with van der Waals surface area (Å²) in [5.74, 6) is 1.11. The van der Waals surface area contributed by atoms with Crippen LogP contribution in [0.2, 0.25) is 0 Å². The van der Waals surface area contributed by atoms with E-state index in [4.69, 9.17) is 4.74 Å². The van der Waals surface area contributed by atoms with Gasteiger partial charge in [-0.1, -0.05) is 72.8 Å². The topological polar surface area (TPSA) is 67.4 Å². The second-order valence-electron chi connectivity index (χ2n) is 8.34. The Morgan fingerprint density at radius 1 is 0.806 bits per heavy atom. The molecule has 0 aliphatic heterocycles. The normalized spacial score (nSPS) is 11.6. The highest BCUT2D eigenvalue weighted by Gasteiger charge is 2.11. The molecule has 0 bridgehead atoms. The van der Waals surface area contributed by atoms with Gasteiger partial charge in [0.15, 0.2) is 0 Å². The number of benzene rings is 4. The molecule has 0 spiro atoms. The van der Waals surface area contributed by atoms with Crippen LogP contribution in [0.15, 0.2) is 115 Å². The molecule has 0 saturated heterocycles. The monoisotopic (exact) mass is 476 g/mol. The molecule has 0 fully saturated rings. The fourth-order valence-electron chi connectivity index (χ4n) is 3.61. The van der Waals surface area contributed by atoms with Crippen molar-refractivity contribution in [3.8, 4) is 11.5 Å². The minimum absolute atomic E-state index is 0.0879. The van der Waals surface area contributed by atoms with Crippen LogP contribution in [0.5, 0.6) is 11.5 Å². The summed E-state index contributed by atoms with van der Waals surface area (Å²) in [7, 11) is 0. The van der Waals surface area contributed by atoms with Crippen molar-refractivity contribution < 1.29 is 14.3 Å². The van der Waals surface area contributed by atoms with Crippen molar-refractivity contribution in [2.45, 2.75) is 19.5 Å². The molecular weight excluding hydrogens is 448 g/mol. The quantitative estimate of drug-likeness (QED) is 0.279. The fourth-order valence-corrected chi connectivity index (χ4v) is 3.61. The van der Waals surface area contributed by atoms with Crippen LogP contribution in [0.25, 0.3) is 6.08 Å². The van der Waals surface area contributed by atoms with Gasteiger partial charge < -0.3 is 15.4 Å². The molecular formula is C31H28N2O3. The molecule has 1 atom stereocenters. The largest absolute Gasteiger partial charge is 0.457 e. The Kier molecular flexibility index (Phi) is 8.28. The number of hydrogen-bond donors (Lipinski definition) is 2. The Morgan fingerprint density at radius 2 is 1.47 bits per heavy atom. The number of para-hydroxylation sites is 1. The average Bonchev–Trinajstić information content (AvgIpc) is 2.92. The van der Waals surface area contributed by atoms with E-state index in [1.807, 2.05) is 104 Å². The molecule has 0 heterocycles. The molecule has 0 saturated carbocycles. The molecule has 4 rings (SSSR count). The minimum atomic E-state index is -0.206. The van der Waals surface area contributed by atoms with Gasteiger partial charge in [-0.05, 0) is 66.1 Å². The molecule has 36 heavy (non-hydrogen) atoms. The maximum Gasteiger partial charge on any atom is 0.251 e. The lowest BCUT2D eigenvalue weighted by Gasteiger charge is -2.14. The third kappa shape index (κ3) is 7.18. The van der Waals surface area contributed by atoms with Crippen LogP contribution >= 0.6 is 0 Å². The summed E-state index contributed by atoms with van der Waals surface area (Å²) in [6, 6.07) is 34.0. The zero-order valence-electron chi connectivity index (χ0n) is 20.1. The highest BCUT2D eigenvalue weighted by atomic mass is 16.5. The van der Waals surface area contributed by atoms with E-state index in [0.717, 1.165) is 22.4 Å². The molecule has 4 aromatic rings. The Hall–Kier alpha value is -4.64. The molecule has 0 radical (unpaired) electrons. The number of rotatable bonds is 9. The van der Waals surface area contributed by atoms with Crippen LogP contribution in [-0.4, -0.2) is 11.8 Å². The van der Waals surface area contributed by atoms with E-state index in [1.54, 1.807) is 18.2 Å². The van der Waals surface area contributed by atoms with E-state index >= 15 is 0 Å². The second-order valence-corrected chi connectivity index (χ2v) is 8.34. The molecule has 5 heteroatoms. The third-order valence-electron chi connectivity index (χ3n) is 5.59. The molecule has 2 N–H and O–H groups in total. The van der Waals surface area contributed by atoms with Gasteiger partial charge >= 0.3 is 0 Å². The predicted molar refractivity (Wildman–Crippen MR) is 143 cm³/mol. The van der Waals surface area contributed by atoms with E-state index < -0.39 is 0 Å². The van der Waals surface area contributed by atoms with Crippen molar-refractivity contribution in [3.63, 3.8) is 0 Å². The van der Waals surface area contributed by atoms with Crippen LogP contribution in [-0.2, 0) is 11.3 Å². The van der Waals surface area contributed by atoms with Crippen molar-refractivity contribution in [2.24, 2.45) is 0 Å². The first-order chi connectivity index (χ1) is 17.6. The molecule has 4 aromatic carbocycles. The fraction of sp³-hybridized carbons (Fsp3) is 0.0968. The first-order valence-electron chi connectivity index (χ1n) is 11.8. The SMILES string of the molecule is C[C@@H](NC(=O)c1ccc(CNC(=O)C=Cc2cccc(Oc3ccccc3)c2)cc1)c1ccccc1. The van der Waals surface area contributed by atoms with Gasteiger partial charge in [0.1, 0.15) is 11.5 Å². The highest BCUT2D eigenvalue weighted by Crippen LogP contribution is 2.22. The van der Waals surface area contributed by atoms with E-state index in [2.05, 4.69) is 10.6 Å². The standard InChI is InChI=1S/C31H28N2O3/c1-23(26-10-4-2-5-11-26)33-31(35)27-18-15-25(16-19-27)22-32-30(34)20-17-24-9-8-14-29(21-24)36-28-12-6-3-7-13-28/h2-21,23H,22H2,1H3,(H,32,34)(H,33,35)/t23-/m1/s1. The van der Waals surface area contributed by atoms with Crippen molar-refractivity contribution in [1.29, 1.82) is 0 Å². The van der Waals surface area contributed by atoms with Crippen molar-refractivity contribution in [3.05, 3.63) is 138 Å². The van der Waals surface area contributed by atoms with E-state index in [0.29, 0.717) is 17.9 Å². The Balaban J connectivity index is 1.26. The zero-order chi connectivity index (χ0) is 25.2. The van der Waals surface area contributed by atoms with Gasteiger partial charge in [0.2, 0.25) is 5.91 Å². The minimum Gasteiger partial charge on any atom is -0.457 e. The number of carbonyl (C=O) groups is 2. The van der Waals surface area contributed by atoms with Gasteiger partial charge in [-0.15, -0.1) is 0 Å². The number of amides is 2. The summed E-state index contributed by atoms with van der Waals surface area (Å²) in [5, 5.41) is 5.87. The summed E-state index contributed by atoms with van der Waals surface area (Å²) in [4.78, 5) is 24.9. The Bertz CT molecular complexity index is 1320. The lowest BCUT2D eigenvalue weighted by atomic mass is 10.1. The smallest absolute Gasteiger partial charge is 0.251 e. The van der Waals surface area contributed by atoms with Crippen LogP contribution < -0.4 is 15.4 Å². The number of ether oxygens (including phenoxy) is 1. The molecule has 0 aliphatic carbocycles. The summed E-state index contributed by atoms with van der Waals surface area (Å²) < 4.78 is 5.84. The lowest BCUT2D eigenvalue weighted by molar-refractivity contribution is -0.116. The van der Waals surface area contributed by atoms with Crippen molar-refractivity contribution in [2.75, 3.05) is 0 Å². The van der Waals surface area contributed by atoms with Gasteiger partial charge in [-0.25, -0.2) is 0 Å². The van der Waals surface area contributed by atoms with Gasteiger partial charge in [-0.2, -0.15) is 0 Å². The second kappa shape index (κ2) is 12.2. The lowest BCUT2D eigenvalue weighted by Crippen LogP contribution is -2.26. The molecule has 0 aromatic heterocycles. The van der Waals surface area contributed by atoms with Crippen LogP contribution in [0.1, 0.15) is 40.0 Å². The van der Waals surface area contributed by atoms with Crippen LogP contribution in [0.3, 0.4) is 0 Å². The van der Waals surface area contributed by atoms with E-state index in [1.165, 1.54) is 6.08 Å². The van der Waals surface area contributed by atoms with Gasteiger partial charge in [-0.3, -0.25) is 9.59 Å². The number of nitrogens with one attached hydrogen (secondary N) is 2. The summed E-state index contributed by atoms with van der Waals surface area (Å²) in [6.07, 6.45) is 3.24. The Morgan fingerprint density at radius 3 is 2.19 bits per heavy atom. The maximum atomic E-state index is 12.6. The predicted octanol–water partition coefficient (Wildman–Crippen LogP) is 6.30. The van der Waals surface area contributed by atoms with Gasteiger partial charge in [0, 0.05) is 18.2 Å². The molecule has 5 nitrogen and oxygen atoms in total. The summed E-state index contributed by atoms with van der Waals surface area (Å²) in [6.45, 7) is 2.32. The number of hydrogen-bond acceptors (Lipinski definition) is 3. The average molecular weight is 477 g/mol. The summed E-state index contributed by atoms with van der Waals surface area (Å²) in [5.41, 5.74) is 3.39. The van der Waals surface area contributed by atoms with E-state index in [9.17, 15) is 9.59 Å². The van der Waals surface area contributed by atoms with Crippen LogP contribution in [0, 0.1) is 0 Å². The molecule has 2 amide bonds. The van der Waals surface area contributed by atoms with Crippen molar-refractivity contribution >= 4 is 17.9 Å². The first kappa shape index (κ1) is 24.5. The van der Waals surface area contributed by atoms with Crippen LogP contribution in [0.4, 0.5) is 0 Å². The third-order valence-corrected chi connectivity index (χ3v) is 5.59.